The third kappa shape index (κ3) is 4.01. The highest BCUT2D eigenvalue weighted by atomic mass is 15.1. The summed E-state index contributed by atoms with van der Waals surface area (Å²) in [5.74, 6) is 0. The number of allylic oxidation sites excluding steroid dienone is 1. The molecule has 0 radical (unpaired) electrons. The van der Waals surface area contributed by atoms with E-state index in [1.165, 1.54) is 27.5 Å². The molecule has 3 aromatic rings. The Morgan fingerprint density at radius 3 is 2.43 bits per heavy atom. The van der Waals surface area contributed by atoms with Crippen LogP contribution in [-0.2, 0) is 13.0 Å². The molecule has 0 aliphatic carbocycles. The summed E-state index contributed by atoms with van der Waals surface area (Å²) in [5, 5.41) is 2.65. The van der Waals surface area contributed by atoms with Crippen molar-refractivity contribution < 1.29 is 0 Å². The van der Waals surface area contributed by atoms with Crippen LogP contribution >= 0.6 is 0 Å². The van der Waals surface area contributed by atoms with Crippen LogP contribution in [0.3, 0.4) is 0 Å². The van der Waals surface area contributed by atoms with Gasteiger partial charge in [0.1, 0.15) is 0 Å². The molecule has 0 saturated heterocycles. The topological polar surface area (TPSA) is 3.24 Å². The van der Waals surface area contributed by atoms with E-state index < -0.39 is 0 Å². The van der Waals surface area contributed by atoms with E-state index in [1.807, 2.05) is 0 Å². The van der Waals surface area contributed by atoms with E-state index in [1.54, 1.807) is 0 Å². The zero-order valence-corrected chi connectivity index (χ0v) is 13.9. The Morgan fingerprint density at radius 1 is 0.870 bits per heavy atom. The van der Waals surface area contributed by atoms with Crippen LogP contribution in [0.2, 0.25) is 0 Å². The number of aryl methyl sites for hydroxylation is 1. The van der Waals surface area contributed by atoms with E-state index in [0.717, 1.165) is 13.0 Å². The van der Waals surface area contributed by atoms with E-state index in [2.05, 4.69) is 97.9 Å². The molecule has 0 unspecified atom stereocenters. The first kappa shape index (κ1) is 15.4. The van der Waals surface area contributed by atoms with Crippen molar-refractivity contribution in [3.8, 4) is 0 Å². The van der Waals surface area contributed by atoms with Crippen molar-refractivity contribution >= 4 is 10.8 Å². The van der Waals surface area contributed by atoms with E-state index in [0.29, 0.717) is 0 Å². The molecule has 3 aromatic carbocycles. The zero-order chi connectivity index (χ0) is 16.1. The van der Waals surface area contributed by atoms with Crippen LogP contribution in [0.15, 0.2) is 79.0 Å². The van der Waals surface area contributed by atoms with Crippen molar-refractivity contribution in [2.24, 2.45) is 0 Å². The Labute approximate surface area is 138 Å². The van der Waals surface area contributed by atoms with E-state index in [9.17, 15) is 0 Å². The second-order valence-corrected chi connectivity index (χ2v) is 6.13. The van der Waals surface area contributed by atoms with Crippen LogP contribution < -0.4 is 0 Å². The van der Waals surface area contributed by atoms with Crippen LogP contribution in [0.1, 0.15) is 16.7 Å². The first-order valence-electron chi connectivity index (χ1n) is 8.11. The van der Waals surface area contributed by atoms with Crippen LogP contribution in [-0.4, -0.2) is 11.9 Å². The minimum absolute atomic E-state index is 0.922. The maximum atomic E-state index is 2.25. The molecule has 0 aliphatic heterocycles. The Morgan fingerprint density at radius 2 is 1.61 bits per heavy atom. The number of hydrogen-bond donors (Lipinski definition) is 0. The molecule has 0 saturated carbocycles. The van der Waals surface area contributed by atoms with Crippen molar-refractivity contribution in [2.45, 2.75) is 19.9 Å². The van der Waals surface area contributed by atoms with E-state index >= 15 is 0 Å². The predicted octanol–water partition coefficient (Wildman–Crippen LogP) is 5.34. The maximum Gasteiger partial charge on any atom is 0.0426 e. The monoisotopic (exact) mass is 301 g/mol. The SMILES string of the molecule is Cc1ccc(CC=CN(C)Cc2cccc3ccccc23)cc1. The van der Waals surface area contributed by atoms with Gasteiger partial charge in [-0.15, -0.1) is 0 Å². The molecule has 0 amide bonds. The molecule has 0 aromatic heterocycles. The van der Waals surface area contributed by atoms with Crippen molar-refractivity contribution in [3.05, 3.63) is 95.7 Å². The van der Waals surface area contributed by atoms with Gasteiger partial charge in [-0.05, 0) is 41.4 Å². The van der Waals surface area contributed by atoms with Gasteiger partial charge in [-0.1, -0.05) is 78.4 Å². The van der Waals surface area contributed by atoms with Crippen molar-refractivity contribution in [1.82, 2.24) is 4.90 Å². The number of benzene rings is 3. The fourth-order valence-corrected chi connectivity index (χ4v) is 2.84. The summed E-state index contributed by atoms with van der Waals surface area (Å²) in [7, 11) is 2.13. The van der Waals surface area contributed by atoms with Gasteiger partial charge in [0.05, 0.1) is 0 Å². The standard InChI is InChI=1S/C22H23N/c1-18-12-14-19(15-13-18)7-6-16-23(2)17-21-10-5-9-20-8-3-4-11-22(20)21/h3-6,8-16H,7,17H2,1-2H3. The first-order valence-corrected chi connectivity index (χ1v) is 8.11. The molecule has 0 N–H and O–H groups in total. The average molecular weight is 301 g/mol. The molecule has 1 nitrogen and oxygen atoms in total. The van der Waals surface area contributed by atoms with Gasteiger partial charge in [0.25, 0.3) is 0 Å². The Hall–Kier alpha value is -2.54. The van der Waals surface area contributed by atoms with Gasteiger partial charge in [0, 0.05) is 13.6 Å². The zero-order valence-electron chi connectivity index (χ0n) is 13.9. The van der Waals surface area contributed by atoms with Gasteiger partial charge in [-0.3, -0.25) is 0 Å². The molecule has 0 aliphatic rings. The lowest BCUT2D eigenvalue weighted by atomic mass is 10.0. The molecular weight excluding hydrogens is 278 g/mol. The third-order valence-corrected chi connectivity index (χ3v) is 4.13. The van der Waals surface area contributed by atoms with Crippen molar-refractivity contribution in [3.63, 3.8) is 0 Å². The second-order valence-electron chi connectivity index (χ2n) is 6.13. The van der Waals surface area contributed by atoms with E-state index in [-0.39, 0.29) is 0 Å². The van der Waals surface area contributed by atoms with Gasteiger partial charge >= 0.3 is 0 Å². The highest BCUT2D eigenvalue weighted by Gasteiger charge is 2.01. The van der Waals surface area contributed by atoms with Gasteiger partial charge in [-0.2, -0.15) is 0 Å². The molecule has 0 atom stereocenters. The quantitative estimate of drug-likeness (QED) is 0.615. The number of fused-ring (bicyclic) bond motifs is 1. The van der Waals surface area contributed by atoms with Crippen LogP contribution in [0.25, 0.3) is 10.8 Å². The summed E-state index contributed by atoms with van der Waals surface area (Å²) in [6.45, 7) is 3.04. The lowest BCUT2D eigenvalue weighted by molar-refractivity contribution is 0.451. The normalized spacial score (nSPS) is 11.2. The molecule has 23 heavy (non-hydrogen) atoms. The summed E-state index contributed by atoms with van der Waals surface area (Å²) in [5.41, 5.74) is 4.03. The predicted molar refractivity (Wildman–Crippen MR) is 99.4 cm³/mol. The van der Waals surface area contributed by atoms with Gasteiger partial charge in [0.15, 0.2) is 0 Å². The van der Waals surface area contributed by atoms with Crippen LogP contribution in [0.4, 0.5) is 0 Å². The van der Waals surface area contributed by atoms with Crippen LogP contribution in [0, 0.1) is 6.92 Å². The summed E-state index contributed by atoms with van der Waals surface area (Å²) >= 11 is 0. The van der Waals surface area contributed by atoms with Gasteiger partial charge in [-0.25, -0.2) is 0 Å². The smallest absolute Gasteiger partial charge is 0.0426 e. The second kappa shape index (κ2) is 7.15. The maximum absolute atomic E-state index is 2.25. The molecule has 0 bridgehead atoms. The average Bonchev–Trinajstić information content (AvgIpc) is 2.57. The molecule has 0 heterocycles. The number of rotatable bonds is 5. The van der Waals surface area contributed by atoms with Crippen LogP contribution in [0.5, 0.6) is 0 Å². The molecule has 1 heteroatoms. The largest absolute Gasteiger partial charge is 0.376 e. The minimum Gasteiger partial charge on any atom is -0.376 e. The van der Waals surface area contributed by atoms with Gasteiger partial charge in [0.2, 0.25) is 0 Å². The lowest BCUT2D eigenvalue weighted by Gasteiger charge is -2.15. The van der Waals surface area contributed by atoms with Crippen molar-refractivity contribution in [2.75, 3.05) is 7.05 Å². The Bertz CT molecular complexity index is 794. The summed E-state index contributed by atoms with van der Waals surface area (Å²) in [6, 6.07) is 23.8. The van der Waals surface area contributed by atoms with Crippen molar-refractivity contribution in [1.29, 1.82) is 0 Å². The highest BCUT2D eigenvalue weighted by Crippen LogP contribution is 2.19. The fraction of sp³-hybridized carbons (Fsp3) is 0.182. The Balaban J connectivity index is 1.65. The highest BCUT2D eigenvalue weighted by molar-refractivity contribution is 5.85. The third-order valence-electron chi connectivity index (χ3n) is 4.13. The minimum atomic E-state index is 0.922. The molecule has 0 spiro atoms. The Kier molecular flexibility index (Phi) is 4.77. The molecular formula is C22H23N. The number of hydrogen-bond acceptors (Lipinski definition) is 1. The summed E-state index contributed by atoms with van der Waals surface area (Å²) in [4.78, 5) is 2.25. The lowest BCUT2D eigenvalue weighted by Crippen LogP contribution is -2.10. The van der Waals surface area contributed by atoms with Gasteiger partial charge < -0.3 is 4.90 Å². The fourth-order valence-electron chi connectivity index (χ4n) is 2.84. The first-order chi connectivity index (χ1) is 11.2. The van der Waals surface area contributed by atoms with E-state index in [4.69, 9.17) is 0 Å². The summed E-state index contributed by atoms with van der Waals surface area (Å²) < 4.78 is 0. The molecule has 116 valence electrons. The molecule has 0 fully saturated rings. The summed E-state index contributed by atoms with van der Waals surface area (Å²) in [6.07, 6.45) is 5.39. The number of nitrogens with zero attached hydrogens (tertiary/aromatic N) is 1. The molecule has 3 rings (SSSR count).